The first-order valence-electron chi connectivity index (χ1n) is 7.79. The van der Waals surface area contributed by atoms with Crippen molar-refractivity contribution < 1.29 is 9.59 Å². The highest BCUT2D eigenvalue weighted by atomic mass is 32.1. The summed E-state index contributed by atoms with van der Waals surface area (Å²) in [6.07, 6.45) is 6.86. The van der Waals surface area contributed by atoms with Crippen molar-refractivity contribution in [3.8, 4) is 0 Å². The number of rotatable bonds is 4. The molecule has 5 nitrogen and oxygen atoms in total. The van der Waals surface area contributed by atoms with Gasteiger partial charge in [-0.2, -0.15) is 0 Å². The highest BCUT2D eigenvalue weighted by molar-refractivity contribution is 7.13. The van der Waals surface area contributed by atoms with Crippen LogP contribution in [0.5, 0.6) is 0 Å². The zero-order chi connectivity index (χ0) is 14.4. The molecule has 0 aliphatic heterocycles. The molecule has 21 heavy (non-hydrogen) atoms. The zero-order valence-electron chi connectivity index (χ0n) is 11.9. The van der Waals surface area contributed by atoms with Gasteiger partial charge >= 0.3 is 0 Å². The second-order valence-corrected chi connectivity index (χ2v) is 7.44. The number of carbonyl (C=O) groups excluding carboxylic acids is 2. The minimum Gasteiger partial charge on any atom is -0.353 e. The average Bonchev–Trinajstić information content (AvgIpc) is 3.36. The fourth-order valence-corrected chi connectivity index (χ4v) is 3.83. The number of thiazole rings is 1. The van der Waals surface area contributed by atoms with Crippen molar-refractivity contribution >= 4 is 23.2 Å². The highest BCUT2D eigenvalue weighted by Crippen LogP contribution is 2.31. The molecule has 2 N–H and O–H groups in total. The average molecular weight is 305 g/mol. The van der Waals surface area contributed by atoms with Crippen LogP contribution >= 0.6 is 11.3 Å². The van der Waals surface area contributed by atoms with Crippen LogP contribution in [-0.4, -0.2) is 28.9 Å². The second-order valence-electron chi connectivity index (χ2n) is 6.36. The van der Waals surface area contributed by atoms with E-state index in [0.717, 1.165) is 50.6 Å². The summed E-state index contributed by atoms with van der Waals surface area (Å²) in [7, 11) is 0. The molecule has 4 rings (SSSR count). The summed E-state index contributed by atoms with van der Waals surface area (Å²) >= 11 is 1.49. The molecule has 1 atom stereocenters. The van der Waals surface area contributed by atoms with Crippen LogP contribution in [0.2, 0.25) is 0 Å². The van der Waals surface area contributed by atoms with Crippen LogP contribution in [0.25, 0.3) is 0 Å². The molecule has 2 amide bonds. The van der Waals surface area contributed by atoms with E-state index in [1.54, 1.807) is 0 Å². The number of nitrogens with zero attached hydrogens (tertiary/aromatic N) is 1. The fraction of sp³-hybridized carbons (Fsp3) is 0.667. The van der Waals surface area contributed by atoms with Gasteiger partial charge < -0.3 is 10.6 Å². The van der Waals surface area contributed by atoms with Crippen LogP contribution in [0, 0.1) is 5.92 Å². The maximum atomic E-state index is 12.0. The lowest BCUT2D eigenvalue weighted by molar-refractivity contribution is -0.123. The number of amides is 2. The Labute approximate surface area is 127 Å². The van der Waals surface area contributed by atoms with Gasteiger partial charge in [-0.1, -0.05) is 0 Å². The minimum absolute atomic E-state index is 0.0320. The predicted molar refractivity (Wildman–Crippen MR) is 79.3 cm³/mol. The maximum absolute atomic E-state index is 12.0. The Bertz CT molecular complexity index is 590. The van der Waals surface area contributed by atoms with Gasteiger partial charge in [0.2, 0.25) is 5.91 Å². The zero-order valence-corrected chi connectivity index (χ0v) is 12.7. The van der Waals surface area contributed by atoms with E-state index in [1.807, 2.05) is 0 Å². The van der Waals surface area contributed by atoms with Crippen LogP contribution < -0.4 is 10.6 Å². The monoisotopic (exact) mass is 305 g/mol. The highest BCUT2D eigenvalue weighted by Gasteiger charge is 2.33. The summed E-state index contributed by atoms with van der Waals surface area (Å²) in [6.45, 7) is 0. The molecule has 2 saturated carbocycles. The summed E-state index contributed by atoms with van der Waals surface area (Å²) in [4.78, 5) is 29.5. The van der Waals surface area contributed by atoms with Gasteiger partial charge in [0.05, 0.1) is 5.69 Å². The third-order valence-electron chi connectivity index (χ3n) is 4.34. The SMILES string of the molecule is O=C(NC1CC1)c1nc2c(s1)C[C@H](NC(=O)C1CC1)CC2. The molecule has 1 aromatic rings. The Balaban J connectivity index is 1.41. The van der Waals surface area contributed by atoms with E-state index in [4.69, 9.17) is 0 Å². The van der Waals surface area contributed by atoms with Crippen molar-refractivity contribution in [2.75, 3.05) is 0 Å². The first kappa shape index (κ1) is 13.2. The predicted octanol–water partition coefficient (Wildman–Crippen LogP) is 1.42. The molecule has 6 heteroatoms. The van der Waals surface area contributed by atoms with E-state index < -0.39 is 0 Å². The normalized spacial score (nSPS) is 24.3. The topological polar surface area (TPSA) is 71.1 Å². The van der Waals surface area contributed by atoms with E-state index in [2.05, 4.69) is 15.6 Å². The molecular weight excluding hydrogens is 286 g/mol. The third-order valence-corrected chi connectivity index (χ3v) is 5.46. The molecule has 1 heterocycles. The van der Waals surface area contributed by atoms with Gasteiger partial charge in [-0.25, -0.2) is 4.98 Å². The molecule has 0 radical (unpaired) electrons. The molecule has 0 unspecified atom stereocenters. The second kappa shape index (κ2) is 5.09. The fourth-order valence-electron chi connectivity index (χ4n) is 2.73. The number of fused-ring (bicyclic) bond motifs is 1. The summed E-state index contributed by atoms with van der Waals surface area (Å²) < 4.78 is 0. The molecule has 2 fully saturated rings. The smallest absolute Gasteiger partial charge is 0.280 e. The van der Waals surface area contributed by atoms with Crippen molar-refractivity contribution in [1.82, 2.24) is 15.6 Å². The van der Waals surface area contributed by atoms with Crippen molar-refractivity contribution in [2.24, 2.45) is 5.92 Å². The molecule has 112 valence electrons. The quantitative estimate of drug-likeness (QED) is 0.884. The third kappa shape index (κ3) is 2.95. The largest absolute Gasteiger partial charge is 0.353 e. The number of carbonyl (C=O) groups is 2. The molecule has 1 aromatic heterocycles. The Hall–Kier alpha value is -1.43. The Morgan fingerprint density at radius 2 is 1.86 bits per heavy atom. The number of hydrogen-bond donors (Lipinski definition) is 2. The summed E-state index contributed by atoms with van der Waals surface area (Å²) in [5.41, 5.74) is 1.05. The molecule has 0 saturated heterocycles. The van der Waals surface area contributed by atoms with Gasteiger partial charge in [0, 0.05) is 29.3 Å². The van der Waals surface area contributed by atoms with Gasteiger partial charge in [0.25, 0.3) is 5.91 Å². The number of aromatic nitrogens is 1. The van der Waals surface area contributed by atoms with Crippen molar-refractivity contribution in [1.29, 1.82) is 0 Å². The van der Waals surface area contributed by atoms with Crippen molar-refractivity contribution in [3.05, 3.63) is 15.6 Å². The van der Waals surface area contributed by atoms with Crippen LogP contribution in [-0.2, 0) is 17.6 Å². The van der Waals surface area contributed by atoms with Gasteiger partial charge in [-0.3, -0.25) is 9.59 Å². The van der Waals surface area contributed by atoms with Gasteiger partial charge in [-0.15, -0.1) is 11.3 Å². The van der Waals surface area contributed by atoms with E-state index in [0.29, 0.717) is 11.0 Å². The molecule has 0 spiro atoms. The molecule has 0 aromatic carbocycles. The number of aryl methyl sites for hydroxylation is 1. The van der Waals surface area contributed by atoms with E-state index in [1.165, 1.54) is 16.2 Å². The summed E-state index contributed by atoms with van der Waals surface area (Å²) in [5.74, 6) is 0.433. The van der Waals surface area contributed by atoms with E-state index in [9.17, 15) is 9.59 Å². The molecule has 0 bridgehead atoms. The Kier molecular flexibility index (Phi) is 3.21. The van der Waals surface area contributed by atoms with Crippen LogP contribution in [0.3, 0.4) is 0 Å². The Morgan fingerprint density at radius 3 is 2.57 bits per heavy atom. The van der Waals surface area contributed by atoms with Crippen LogP contribution in [0.1, 0.15) is 52.5 Å². The molecule has 3 aliphatic rings. The minimum atomic E-state index is -0.0320. The number of hydrogen-bond acceptors (Lipinski definition) is 4. The lowest BCUT2D eigenvalue weighted by atomic mass is 9.97. The number of nitrogens with one attached hydrogen (secondary N) is 2. The first-order valence-corrected chi connectivity index (χ1v) is 8.60. The van der Waals surface area contributed by atoms with Gasteiger partial charge in [0.1, 0.15) is 0 Å². The lowest BCUT2D eigenvalue weighted by Gasteiger charge is -2.22. The summed E-state index contributed by atoms with van der Waals surface area (Å²) in [5, 5.41) is 6.71. The van der Waals surface area contributed by atoms with Crippen molar-refractivity contribution in [2.45, 2.75) is 57.0 Å². The van der Waals surface area contributed by atoms with Crippen LogP contribution in [0.15, 0.2) is 0 Å². The van der Waals surface area contributed by atoms with Gasteiger partial charge in [-0.05, 0) is 38.5 Å². The summed E-state index contributed by atoms with van der Waals surface area (Å²) in [6, 6.07) is 0.578. The van der Waals surface area contributed by atoms with E-state index >= 15 is 0 Å². The van der Waals surface area contributed by atoms with Crippen molar-refractivity contribution in [3.63, 3.8) is 0 Å². The van der Waals surface area contributed by atoms with Crippen LogP contribution in [0.4, 0.5) is 0 Å². The standard InChI is InChI=1S/C15H19N3O2S/c19-13(8-1-2-8)17-10-5-6-11-12(7-10)21-15(18-11)14(20)16-9-3-4-9/h8-10H,1-7H2,(H,16,20)(H,17,19)/t10-/m1/s1. The maximum Gasteiger partial charge on any atom is 0.280 e. The Morgan fingerprint density at radius 1 is 1.05 bits per heavy atom. The molecule has 3 aliphatic carbocycles. The van der Waals surface area contributed by atoms with E-state index in [-0.39, 0.29) is 23.8 Å². The molecular formula is C15H19N3O2S. The first-order chi connectivity index (χ1) is 10.2. The lowest BCUT2D eigenvalue weighted by Crippen LogP contribution is -2.39. The van der Waals surface area contributed by atoms with Gasteiger partial charge in [0.15, 0.2) is 5.01 Å².